The molecule has 4 aromatic rings. The molecule has 8 nitrogen and oxygen atoms in total. The van der Waals surface area contributed by atoms with E-state index >= 15 is 0 Å². The molecule has 3 heterocycles. The molecule has 0 saturated carbocycles. The highest BCUT2D eigenvalue weighted by molar-refractivity contribution is 6.00. The van der Waals surface area contributed by atoms with Crippen molar-refractivity contribution in [2.45, 2.75) is 33.0 Å². The summed E-state index contributed by atoms with van der Waals surface area (Å²) in [6.45, 7) is 7.35. The van der Waals surface area contributed by atoms with Crippen molar-refractivity contribution in [3.8, 4) is 22.3 Å². The van der Waals surface area contributed by atoms with Crippen LogP contribution in [0.4, 0.5) is 10.1 Å². The fourth-order valence-electron chi connectivity index (χ4n) is 4.04. The molecule has 1 amide bonds. The minimum absolute atomic E-state index is 0.0931. The Labute approximate surface area is 214 Å². The molecule has 0 aliphatic heterocycles. The van der Waals surface area contributed by atoms with Crippen molar-refractivity contribution in [2.24, 2.45) is 11.7 Å². The van der Waals surface area contributed by atoms with E-state index in [1.807, 2.05) is 38.1 Å². The Morgan fingerprint density at radius 2 is 1.97 bits per heavy atom. The Hall–Kier alpha value is -4.37. The number of nitrogens with zero attached hydrogens (tertiary/aromatic N) is 3. The minimum atomic E-state index is -0.719. The molecule has 0 unspecified atom stereocenters. The Morgan fingerprint density at radius 1 is 1.16 bits per heavy atom. The van der Waals surface area contributed by atoms with Gasteiger partial charge in [-0.15, -0.1) is 0 Å². The molecule has 0 saturated heterocycles. The first-order valence-electron chi connectivity index (χ1n) is 11.8. The van der Waals surface area contributed by atoms with Gasteiger partial charge in [-0.1, -0.05) is 32.6 Å². The third kappa shape index (κ3) is 6.07. The number of rotatable bonds is 9. The number of fused-ring (bicyclic) bond motifs is 1. The van der Waals surface area contributed by atoms with Gasteiger partial charge in [-0.2, -0.15) is 4.39 Å². The second kappa shape index (κ2) is 11.1. The quantitative estimate of drug-likeness (QED) is 0.192. The molecule has 4 rings (SSSR count). The number of benzene rings is 1. The van der Waals surface area contributed by atoms with E-state index in [1.165, 1.54) is 18.3 Å². The third-order valence-corrected chi connectivity index (χ3v) is 5.77. The molecule has 3 aromatic heterocycles. The number of anilines is 1. The lowest BCUT2D eigenvalue weighted by Gasteiger charge is -2.14. The lowest BCUT2D eigenvalue weighted by Crippen LogP contribution is -2.33. The minimum Gasteiger partial charge on any atom is -0.443 e. The lowest BCUT2D eigenvalue weighted by molar-refractivity contribution is -0.149. The maximum absolute atomic E-state index is 14.0. The number of nitrogens with two attached hydrogens (primary N) is 1. The van der Waals surface area contributed by atoms with Crippen LogP contribution >= 0.6 is 0 Å². The van der Waals surface area contributed by atoms with E-state index in [0.717, 1.165) is 16.5 Å². The van der Waals surface area contributed by atoms with E-state index in [1.54, 1.807) is 29.1 Å². The van der Waals surface area contributed by atoms with Gasteiger partial charge in [-0.3, -0.25) is 14.2 Å². The van der Waals surface area contributed by atoms with Crippen molar-refractivity contribution < 1.29 is 18.7 Å². The van der Waals surface area contributed by atoms with Gasteiger partial charge in [0.1, 0.15) is 11.7 Å². The zero-order valence-corrected chi connectivity index (χ0v) is 20.6. The average molecular weight is 502 g/mol. The summed E-state index contributed by atoms with van der Waals surface area (Å²) in [5.74, 6) is -1.17. The van der Waals surface area contributed by atoms with Gasteiger partial charge in [0, 0.05) is 46.9 Å². The Morgan fingerprint density at radius 3 is 2.70 bits per heavy atom. The monoisotopic (exact) mass is 501 g/mol. The van der Waals surface area contributed by atoms with Gasteiger partial charge in [-0.05, 0) is 53.8 Å². The maximum Gasteiger partial charge on any atom is 0.324 e. The fraction of sp³-hybridized carbons (Fsp3) is 0.214. The number of hydrogen-bond donors (Lipinski definition) is 2. The second-order valence-electron chi connectivity index (χ2n) is 9.08. The topological polar surface area (TPSA) is 112 Å². The number of ether oxygens (including phenoxy) is 1. The van der Waals surface area contributed by atoms with Crippen LogP contribution in [-0.4, -0.2) is 32.5 Å². The standard InChI is InChI=1S/C28H28FN5O3/c1-4-26(35)33-21-7-5-6-18(11-21)20-12-22-23(19-8-9-31-25(29)13-19)15-34(27(22)32-14-20)16-37-28(36)24(30)10-17(2)3/h4-9,11-15,17,24H,1,10,16,30H2,2-3H3,(H,33,35)/t24-/m0/s1. The number of esters is 1. The van der Waals surface area contributed by atoms with Crippen LogP contribution in [0, 0.1) is 11.9 Å². The van der Waals surface area contributed by atoms with Gasteiger partial charge in [0.2, 0.25) is 11.9 Å². The summed E-state index contributed by atoms with van der Waals surface area (Å²) in [5, 5.41) is 3.47. The first kappa shape index (κ1) is 25.7. The number of carbonyl (C=O) groups is 2. The number of halogens is 1. The van der Waals surface area contributed by atoms with Crippen LogP contribution in [0.3, 0.4) is 0 Å². The van der Waals surface area contributed by atoms with Gasteiger partial charge in [0.05, 0.1) is 0 Å². The molecule has 3 N–H and O–H groups in total. The van der Waals surface area contributed by atoms with E-state index in [9.17, 15) is 14.0 Å². The number of amides is 1. The van der Waals surface area contributed by atoms with Crippen LogP contribution in [0.25, 0.3) is 33.3 Å². The maximum atomic E-state index is 14.0. The summed E-state index contributed by atoms with van der Waals surface area (Å²) >= 11 is 0. The van der Waals surface area contributed by atoms with Crippen LogP contribution in [-0.2, 0) is 21.1 Å². The number of pyridine rings is 2. The van der Waals surface area contributed by atoms with Crippen molar-refractivity contribution in [3.05, 3.63) is 79.7 Å². The summed E-state index contributed by atoms with van der Waals surface area (Å²) < 4.78 is 21.1. The highest BCUT2D eigenvalue weighted by Crippen LogP contribution is 2.33. The van der Waals surface area contributed by atoms with Crippen molar-refractivity contribution in [2.75, 3.05) is 5.32 Å². The zero-order chi connectivity index (χ0) is 26.5. The molecule has 0 aliphatic rings. The Balaban J connectivity index is 1.73. The zero-order valence-electron chi connectivity index (χ0n) is 20.6. The SMILES string of the molecule is C=CC(=O)Nc1cccc(-c2cnc3c(c2)c(-c2ccnc(F)c2)cn3COC(=O)[C@@H](N)CC(C)C)c1. The number of carbonyl (C=O) groups excluding carboxylic acids is 2. The Kier molecular flexibility index (Phi) is 7.74. The predicted molar refractivity (Wildman–Crippen MR) is 141 cm³/mol. The molecule has 1 aromatic carbocycles. The smallest absolute Gasteiger partial charge is 0.324 e. The van der Waals surface area contributed by atoms with Crippen LogP contribution in [0.15, 0.2) is 73.7 Å². The number of hydrogen-bond acceptors (Lipinski definition) is 6. The second-order valence-corrected chi connectivity index (χ2v) is 9.08. The van der Waals surface area contributed by atoms with E-state index in [4.69, 9.17) is 10.5 Å². The van der Waals surface area contributed by atoms with E-state index in [0.29, 0.717) is 28.9 Å². The lowest BCUT2D eigenvalue weighted by atomic mass is 10.0. The summed E-state index contributed by atoms with van der Waals surface area (Å²) in [4.78, 5) is 32.4. The first-order chi connectivity index (χ1) is 17.7. The fourth-order valence-corrected chi connectivity index (χ4v) is 4.04. The highest BCUT2D eigenvalue weighted by atomic mass is 19.1. The van der Waals surface area contributed by atoms with Gasteiger partial charge in [-0.25, -0.2) is 9.97 Å². The molecule has 37 heavy (non-hydrogen) atoms. The molecule has 1 atom stereocenters. The molecule has 0 bridgehead atoms. The van der Waals surface area contributed by atoms with E-state index < -0.39 is 18.0 Å². The summed E-state index contributed by atoms with van der Waals surface area (Å²) in [6, 6.07) is 11.6. The van der Waals surface area contributed by atoms with Crippen molar-refractivity contribution in [3.63, 3.8) is 0 Å². The number of nitrogens with one attached hydrogen (secondary N) is 1. The summed E-state index contributed by atoms with van der Waals surface area (Å²) in [7, 11) is 0. The molecular formula is C28H28FN5O3. The molecule has 0 aliphatic carbocycles. The van der Waals surface area contributed by atoms with Crippen molar-refractivity contribution >= 4 is 28.6 Å². The van der Waals surface area contributed by atoms with Crippen LogP contribution in [0.5, 0.6) is 0 Å². The Bertz CT molecular complexity index is 1460. The van der Waals surface area contributed by atoms with E-state index in [-0.39, 0.29) is 18.6 Å². The average Bonchev–Trinajstić information content (AvgIpc) is 3.24. The highest BCUT2D eigenvalue weighted by Gasteiger charge is 2.19. The predicted octanol–water partition coefficient (Wildman–Crippen LogP) is 4.90. The third-order valence-electron chi connectivity index (χ3n) is 5.77. The van der Waals surface area contributed by atoms with Gasteiger partial charge in [0.15, 0.2) is 6.73 Å². The van der Waals surface area contributed by atoms with Gasteiger partial charge in [0.25, 0.3) is 0 Å². The normalized spacial score (nSPS) is 11.9. The summed E-state index contributed by atoms with van der Waals surface area (Å²) in [6.07, 6.45) is 6.56. The molecule has 0 fully saturated rings. The molecule has 9 heteroatoms. The van der Waals surface area contributed by atoms with Crippen LogP contribution < -0.4 is 11.1 Å². The van der Waals surface area contributed by atoms with Crippen LogP contribution in [0.2, 0.25) is 0 Å². The molecule has 190 valence electrons. The van der Waals surface area contributed by atoms with E-state index in [2.05, 4.69) is 21.9 Å². The molecule has 0 spiro atoms. The summed E-state index contributed by atoms with van der Waals surface area (Å²) in [5.41, 5.74) is 10.0. The number of aromatic nitrogens is 3. The largest absolute Gasteiger partial charge is 0.443 e. The molecular weight excluding hydrogens is 473 g/mol. The molecule has 0 radical (unpaired) electrons. The van der Waals surface area contributed by atoms with Crippen molar-refractivity contribution in [1.29, 1.82) is 0 Å². The van der Waals surface area contributed by atoms with Gasteiger partial charge >= 0.3 is 5.97 Å². The van der Waals surface area contributed by atoms with Crippen LogP contribution in [0.1, 0.15) is 20.3 Å². The van der Waals surface area contributed by atoms with Gasteiger partial charge < -0.3 is 15.8 Å². The van der Waals surface area contributed by atoms with Crippen molar-refractivity contribution in [1.82, 2.24) is 14.5 Å². The first-order valence-corrected chi connectivity index (χ1v) is 11.8.